The highest BCUT2D eigenvalue weighted by Gasteiger charge is 1.99. The minimum atomic E-state index is 0.105. The highest BCUT2D eigenvalue weighted by Crippen LogP contribution is 2.07. The molecule has 0 amide bonds. The summed E-state index contributed by atoms with van der Waals surface area (Å²) in [6, 6.07) is 1.84. The molecule has 0 radical (unpaired) electrons. The molecule has 0 bridgehead atoms. The number of hydrogen-bond acceptors (Lipinski definition) is 2. The van der Waals surface area contributed by atoms with E-state index in [0.29, 0.717) is 0 Å². The Hall–Kier alpha value is -0.890. The first kappa shape index (κ1) is 8.21. The van der Waals surface area contributed by atoms with Crippen LogP contribution in [0, 0.1) is 0 Å². The average Bonchev–Trinajstić information content (AvgIpc) is 2.52. The molecule has 2 heteroatoms. The fourth-order valence-corrected chi connectivity index (χ4v) is 1.37. The van der Waals surface area contributed by atoms with Gasteiger partial charge >= 0.3 is 0 Å². The first-order valence-corrected chi connectivity index (χ1v) is 4.52. The number of allylic oxidation sites excluding steroid dienone is 2. The van der Waals surface area contributed by atoms with Crippen molar-refractivity contribution in [3.63, 3.8) is 0 Å². The molecule has 0 N–H and O–H groups in total. The number of carbonyl (C=O) groups excluding carboxylic acids is 1. The lowest BCUT2D eigenvalue weighted by Crippen LogP contribution is -1.89. The fourth-order valence-electron chi connectivity index (χ4n) is 0.726. The molecule has 0 saturated heterocycles. The molecule has 0 aliphatic rings. The quantitative estimate of drug-likeness (QED) is 0.498. The molecule has 0 unspecified atom stereocenters. The molecule has 0 spiro atoms. The molecule has 1 aromatic heterocycles. The Morgan fingerprint density at radius 3 is 3.09 bits per heavy atom. The van der Waals surface area contributed by atoms with Crippen LogP contribution in [0.5, 0.6) is 0 Å². The van der Waals surface area contributed by atoms with Crippen LogP contribution in [0.2, 0.25) is 0 Å². The molecular formula is C9H10OS. The second-order valence-corrected chi connectivity index (χ2v) is 2.97. The zero-order valence-electron chi connectivity index (χ0n) is 6.41. The van der Waals surface area contributed by atoms with Gasteiger partial charge in [0.1, 0.15) is 0 Å². The summed E-state index contributed by atoms with van der Waals surface area (Å²) in [5, 5.41) is 3.77. The van der Waals surface area contributed by atoms with Crippen LogP contribution < -0.4 is 0 Å². The second-order valence-electron chi connectivity index (χ2n) is 2.19. The molecule has 0 fully saturated rings. The van der Waals surface area contributed by atoms with Crippen molar-refractivity contribution in [3.05, 3.63) is 34.5 Å². The summed E-state index contributed by atoms with van der Waals surface area (Å²) >= 11 is 1.55. The van der Waals surface area contributed by atoms with Gasteiger partial charge in [-0.25, -0.2) is 0 Å². The van der Waals surface area contributed by atoms with E-state index in [0.717, 1.165) is 12.0 Å². The van der Waals surface area contributed by atoms with Crippen molar-refractivity contribution in [1.82, 2.24) is 0 Å². The van der Waals surface area contributed by atoms with Crippen LogP contribution in [0.15, 0.2) is 29.0 Å². The Labute approximate surface area is 70.4 Å². The highest BCUT2D eigenvalue weighted by atomic mass is 32.1. The standard InChI is InChI=1S/C9H10OS/c1-2-3-4-9(10)8-5-6-11-7-8/h3-7H,2H2,1H3/b4-3+. The molecule has 0 aliphatic heterocycles. The first-order valence-electron chi connectivity index (χ1n) is 3.57. The average molecular weight is 166 g/mol. The van der Waals surface area contributed by atoms with E-state index >= 15 is 0 Å². The van der Waals surface area contributed by atoms with Crippen molar-refractivity contribution in [2.75, 3.05) is 0 Å². The van der Waals surface area contributed by atoms with Gasteiger partial charge in [0.05, 0.1) is 0 Å². The van der Waals surface area contributed by atoms with Crippen LogP contribution in [0.3, 0.4) is 0 Å². The summed E-state index contributed by atoms with van der Waals surface area (Å²) in [5.74, 6) is 0.105. The molecule has 1 heterocycles. The normalized spacial score (nSPS) is 10.6. The number of hydrogen-bond donors (Lipinski definition) is 0. The van der Waals surface area contributed by atoms with Crippen LogP contribution in [0.4, 0.5) is 0 Å². The maximum absolute atomic E-state index is 11.2. The Morgan fingerprint density at radius 2 is 2.55 bits per heavy atom. The maximum atomic E-state index is 11.2. The third kappa shape index (κ3) is 2.31. The molecule has 0 atom stereocenters. The van der Waals surface area contributed by atoms with Gasteiger partial charge in [-0.3, -0.25) is 4.79 Å². The lowest BCUT2D eigenvalue weighted by Gasteiger charge is -1.85. The predicted molar refractivity (Wildman–Crippen MR) is 48.1 cm³/mol. The van der Waals surface area contributed by atoms with Crippen LogP contribution in [0.1, 0.15) is 23.7 Å². The summed E-state index contributed by atoms with van der Waals surface area (Å²) < 4.78 is 0. The highest BCUT2D eigenvalue weighted by molar-refractivity contribution is 7.08. The zero-order valence-corrected chi connectivity index (χ0v) is 7.23. The van der Waals surface area contributed by atoms with Crippen LogP contribution >= 0.6 is 11.3 Å². The van der Waals surface area contributed by atoms with Crippen molar-refractivity contribution >= 4 is 17.1 Å². The minimum absolute atomic E-state index is 0.105. The second kappa shape index (κ2) is 4.09. The Kier molecular flexibility index (Phi) is 3.05. The molecule has 0 aromatic carbocycles. The third-order valence-corrected chi connectivity index (χ3v) is 1.99. The summed E-state index contributed by atoms with van der Waals surface area (Å²) in [7, 11) is 0. The van der Waals surface area contributed by atoms with Gasteiger partial charge in [0, 0.05) is 10.9 Å². The van der Waals surface area contributed by atoms with Crippen LogP contribution in [0.25, 0.3) is 0 Å². The number of thiophene rings is 1. The lowest BCUT2D eigenvalue weighted by molar-refractivity contribution is 0.104. The summed E-state index contributed by atoms with van der Waals surface area (Å²) in [6.07, 6.45) is 4.41. The van der Waals surface area contributed by atoms with E-state index in [9.17, 15) is 4.79 Å². The van der Waals surface area contributed by atoms with Crippen LogP contribution in [-0.2, 0) is 0 Å². The largest absolute Gasteiger partial charge is 0.289 e. The Bertz CT molecular complexity index is 247. The molecule has 1 rings (SSSR count). The molecule has 0 aliphatic carbocycles. The van der Waals surface area contributed by atoms with Gasteiger partial charge in [0.15, 0.2) is 5.78 Å². The Balaban J connectivity index is 2.64. The molecule has 58 valence electrons. The van der Waals surface area contributed by atoms with Gasteiger partial charge in [-0.2, -0.15) is 11.3 Å². The van der Waals surface area contributed by atoms with E-state index in [1.54, 1.807) is 17.4 Å². The van der Waals surface area contributed by atoms with E-state index in [-0.39, 0.29) is 5.78 Å². The minimum Gasteiger partial charge on any atom is -0.289 e. The van der Waals surface area contributed by atoms with Crippen molar-refractivity contribution in [3.8, 4) is 0 Å². The van der Waals surface area contributed by atoms with Gasteiger partial charge in [0.25, 0.3) is 0 Å². The van der Waals surface area contributed by atoms with E-state index in [2.05, 4.69) is 0 Å². The first-order chi connectivity index (χ1) is 5.34. The van der Waals surface area contributed by atoms with Crippen molar-refractivity contribution in [2.24, 2.45) is 0 Å². The summed E-state index contributed by atoms with van der Waals surface area (Å²) in [5.41, 5.74) is 0.791. The van der Waals surface area contributed by atoms with Gasteiger partial charge in [0.2, 0.25) is 0 Å². The third-order valence-electron chi connectivity index (χ3n) is 1.31. The predicted octanol–water partition coefficient (Wildman–Crippen LogP) is 2.90. The smallest absolute Gasteiger partial charge is 0.186 e. The van der Waals surface area contributed by atoms with E-state index in [1.165, 1.54) is 0 Å². The summed E-state index contributed by atoms with van der Waals surface area (Å²) in [4.78, 5) is 11.2. The van der Waals surface area contributed by atoms with Crippen LogP contribution in [-0.4, -0.2) is 5.78 Å². The van der Waals surface area contributed by atoms with Crippen molar-refractivity contribution in [2.45, 2.75) is 13.3 Å². The molecule has 1 aromatic rings. The van der Waals surface area contributed by atoms with E-state index in [1.807, 2.05) is 29.8 Å². The van der Waals surface area contributed by atoms with Crippen molar-refractivity contribution < 1.29 is 4.79 Å². The number of carbonyl (C=O) groups is 1. The van der Waals surface area contributed by atoms with E-state index in [4.69, 9.17) is 0 Å². The molecule has 0 saturated carbocycles. The summed E-state index contributed by atoms with van der Waals surface area (Å²) in [6.45, 7) is 2.01. The van der Waals surface area contributed by atoms with Gasteiger partial charge in [-0.05, 0) is 23.9 Å². The topological polar surface area (TPSA) is 17.1 Å². The van der Waals surface area contributed by atoms with E-state index < -0.39 is 0 Å². The van der Waals surface area contributed by atoms with Gasteiger partial charge < -0.3 is 0 Å². The monoisotopic (exact) mass is 166 g/mol. The SMILES string of the molecule is CC/C=C/C(=O)c1ccsc1. The molecule has 11 heavy (non-hydrogen) atoms. The Morgan fingerprint density at radius 1 is 1.73 bits per heavy atom. The van der Waals surface area contributed by atoms with Gasteiger partial charge in [-0.15, -0.1) is 0 Å². The van der Waals surface area contributed by atoms with Gasteiger partial charge in [-0.1, -0.05) is 13.0 Å². The molecule has 1 nitrogen and oxygen atoms in total. The zero-order chi connectivity index (χ0) is 8.10. The lowest BCUT2D eigenvalue weighted by atomic mass is 10.2. The number of rotatable bonds is 3. The molecular weight excluding hydrogens is 156 g/mol. The van der Waals surface area contributed by atoms with Crippen molar-refractivity contribution in [1.29, 1.82) is 0 Å². The maximum Gasteiger partial charge on any atom is 0.186 e. The number of ketones is 1. The fraction of sp³-hybridized carbons (Fsp3) is 0.222.